The molecule has 1 aliphatic carbocycles. The van der Waals surface area contributed by atoms with Crippen molar-refractivity contribution >= 4 is 23.1 Å². The summed E-state index contributed by atoms with van der Waals surface area (Å²) in [7, 11) is 1.78. The Kier molecular flexibility index (Phi) is 6.75. The molecule has 94 valence electrons. The topological polar surface area (TPSA) is 61.6 Å². The molecule has 0 aliphatic heterocycles. The predicted molar refractivity (Wildman–Crippen MR) is 72.7 cm³/mol. The van der Waals surface area contributed by atoms with Crippen molar-refractivity contribution in [1.29, 1.82) is 0 Å². The van der Waals surface area contributed by atoms with Crippen molar-refractivity contribution in [2.45, 2.75) is 31.8 Å². The van der Waals surface area contributed by atoms with Crippen LogP contribution in [0.1, 0.15) is 25.7 Å². The van der Waals surface area contributed by atoms with Crippen molar-refractivity contribution in [2.24, 2.45) is 16.8 Å². The summed E-state index contributed by atoms with van der Waals surface area (Å²) < 4.78 is 5.32. The Bertz CT molecular complexity index is 314. The lowest BCUT2D eigenvalue weighted by Gasteiger charge is -2.23. The summed E-state index contributed by atoms with van der Waals surface area (Å²) in [6.45, 7) is 0. The predicted octanol–water partition coefficient (Wildman–Crippen LogP) is -0.0609. The second-order valence-corrected chi connectivity index (χ2v) is 5.01. The average molecular weight is 254 g/mol. The average Bonchev–Trinajstić information content (AvgIpc) is 2.37. The highest BCUT2D eigenvalue weighted by Crippen LogP contribution is 2.23. The van der Waals surface area contributed by atoms with Crippen LogP contribution in [0.2, 0.25) is 0 Å². The first-order chi connectivity index (χ1) is 8.26. The minimum absolute atomic E-state index is 0.430. The number of nitrogens with one attached hydrogen (secondary N) is 1. The molecule has 0 bridgehead atoms. The SMILES string of the molecule is C#CCS/C(N)=N\[NH+]=C\C1CCC(OC)CC1. The van der Waals surface area contributed by atoms with E-state index in [1.54, 1.807) is 7.11 Å². The number of hydrogen-bond donors (Lipinski definition) is 2. The molecule has 4 nitrogen and oxygen atoms in total. The quantitative estimate of drug-likeness (QED) is 0.320. The summed E-state index contributed by atoms with van der Waals surface area (Å²) in [5.74, 6) is 3.60. The van der Waals surface area contributed by atoms with E-state index in [0.29, 0.717) is 22.9 Å². The van der Waals surface area contributed by atoms with Gasteiger partial charge in [-0.1, -0.05) is 17.7 Å². The first-order valence-corrected chi connectivity index (χ1v) is 6.76. The van der Waals surface area contributed by atoms with Crippen molar-refractivity contribution in [1.82, 2.24) is 0 Å². The number of methoxy groups -OCH3 is 1. The second kappa shape index (κ2) is 8.15. The molecule has 0 atom stereocenters. The summed E-state index contributed by atoms with van der Waals surface area (Å²) >= 11 is 1.36. The Morgan fingerprint density at radius 2 is 2.29 bits per heavy atom. The number of hydrazone groups is 1. The maximum absolute atomic E-state index is 5.63. The molecule has 5 heteroatoms. The Morgan fingerprint density at radius 3 is 2.88 bits per heavy atom. The minimum atomic E-state index is 0.430. The molecule has 0 unspecified atom stereocenters. The Hall–Kier alpha value is -0.990. The molecule has 1 fully saturated rings. The molecular formula is C12H20N3OS+. The van der Waals surface area contributed by atoms with Gasteiger partial charge in [0.1, 0.15) is 0 Å². The number of ether oxygens (including phenoxy) is 1. The van der Waals surface area contributed by atoms with Gasteiger partial charge in [0.25, 0.3) is 0 Å². The van der Waals surface area contributed by atoms with Crippen molar-refractivity contribution < 1.29 is 9.84 Å². The molecule has 0 radical (unpaired) electrons. The van der Waals surface area contributed by atoms with E-state index in [0.717, 1.165) is 25.7 Å². The number of thioether (sulfide) groups is 1. The smallest absolute Gasteiger partial charge is 0.226 e. The Balaban J connectivity index is 2.28. The largest absolute Gasteiger partial charge is 0.381 e. The third-order valence-corrected chi connectivity index (χ3v) is 3.54. The molecule has 17 heavy (non-hydrogen) atoms. The Morgan fingerprint density at radius 1 is 1.59 bits per heavy atom. The van der Waals surface area contributed by atoms with Gasteiger partial charge in [-0.25, -0.2) is 0 Å². The van der Waals surface area contributed by atoms with E-state index in [2.05, 4.69) is 16.1 Å². The zero-order valence-corrected chi connectivity index (χ0v) is 11.0. The number of amidine groups is 1. The molecule has 0 aromatic heterocycles. The molecule has 1 aliphatic rings. The molecule has 0 heterocycles. The van der Waals surface area contributed by atoms with Crippen LogP contribution in [0.5, 0.6) is 0 Å². The second-order valence-electron chi connectivity index (χ2n) is 4.01. The number of hydrogen-bond acceptors (Lipinski definition) is 3. The van der Waals surface area contributed by atoms with E-state index in [9.17, 15) is 0 Å². The first kappa shape index (κ1) is 14.1. The fourth-order valence-electron chi connectivity index (χ4n) is 1.85. The Labute approximate surface area is 107 Å². The summed E-state index contributed by atoms with van der Waals surface area (Å²) in [6, 6.07) is 0. The highest BCUT2D eigenvalue weighted by atomic mass is 32.2. The van der Waals surface area contributed by atoms with Crippen LogP contribution < -0.4 is 10.8 Å². The molecule has 0 amide bonds. The van der Waals surface area contributed by atoms with Crippen molar-refractivity contribution in [3.63, 3.8) is 0 Å². The van der Waals surface area contributed by atoms with Gasteiger partial charge >= 0.3 is 0 Å². The van der Waals surface area contributed by atoms with Crippen LogP contribution in [0, 0.1) is 18.3 Å². The lowest BCUT2D eigenvalue weighted by atomic mass is 9.88. The maximum atomic E-state index is 5.63. The van der Waals surface area contributed by atoms with Gasteiger partial charge in [0.05, 0.1) is 11.9 Å². The molecule has 0 aromatic carbocycles. The fourth-order valence-corrected chi connectivity index (χ4v) is 2.19. The van der Waals surface area contributed by atoms with Crippen LogP contribution in [-0.4, -0.2) is 30.3 Å². The number of nitrogens with zero attached hydrogens (tertiary/aromatic N) is 1. The highest BCUT2D eigenvalue weighted by Gasteiger charge is 2.21. The lowest BCUT2D eigenvalue weighted by Crippen LogP contribution is -2.64. The van der Waals surface area contributed by atoms with Crippen LogP contribution in [0.15, 0.2) is 5.10 Å². The summed E-state index contributed by atoms with van der Waals surface area (Å²) in [4.78, 5) is 0. The van der Waals surface area contributed by atoms with Crippen LogP contribution in [-0.2, 0) is 4.74 Å². The molecule has 3 N–H and O–H groups in total. The maximum Gasteiger partial charge on any atom is 0.226 e. The summed E-state index contributed by atoms with van der Waals surface area (Å²) in [6.07, 6.45) is 12.1. The van der Waals surface area contributed by atoms with Gasteiger partial charge in [-0.15, -0.1) is 11.5 Å². The van der Waals surface area contributed by atoms with Gasteiger partial charge < -0.3 is 10.5 Å². The number of terminal acetylenes is 1. The van der Waals surface area contributed by atoms with Gasteiger partial charge in [0.15, 0.2) is 6.21 Å². The van der Waals surface area contributed by atoms with Crippen LogP contribution in [0.25, 0.3) is 0 Å². The van der Waals surface area contributed by atoms with Crippen molar-refractivity contribution in [2.75, 3.05) is 12.9 Å². The molecule has 0 spiro atoms. The monoisotopic (exact) mass is 254 g/mol. The third kappa shape index (κ3) is 5.76. The molecule has 1 saturated carbocycles. The zero-order valence-electron chi connectivity index (χ0n) is 10.2. The molecule has 0 saturated heterocycles. The molecule has 1 rings (SSSR count). The van der Waals surface area contributed by atoms with Gasteiger partial charge in [-0.2, -0.15) is 0 Å². The van der Waals surface area contributed by atoms with E-state index in [-0.39, 0.29) is 0 Å². The first-order valence-electron chi connectivity index (χ1n) is 5.77. The van der Waals surface area contributed by atoms with Gasteiger partial charge in [-0.3, -0.25) is 0 Å². The fraction of sp³-hybridized carbons (Fsp3) is 0.667. The van der Waals surface area contributed by atoms with E-state index in [4.69, 9.17) is 16.9 Å². The van der Waals surface area contributed by atoms with Gasteiger partial charge in [-0.05, 0) is 25.7 Å². The number of rotatable bonds is 4. The van der Waals surface area contributed by atoms with Crippen LogP contribution >= 0.6 is 11.8 Å². The van der Waals surface area contributed by atoms with Gasteiger partial charge in [0, 0.05) is 18.1 Å². The summed E-state index contributed by atoms with van der Waals surface area (Å²) in [5.41, 5.74) is 5.63. The number of nitrogens with two attached hydrogens (primary N) is 1. The van der Waals surface area contributed by atoms with E-state index in [1.807, 2.05) is 6.21 Å². The van der Waals surface area contributed by atoms with E-state index < -0.39 is 0 Å². The van der Waals surface area contributed by atoms with Crippen molar-refractivity contribution in [3.8, 4) is 12.3 Å². The normalized spacial score (nSPS) is 26.0. The van der Waals surface area contributed by atoms with Crippen LogP contribution in [0.4, 0.5) is 0 Å². The minimum Gasteiger partial charge on any atom is -0.381 e. The third-order valence-electron chi connectivity index (χ3n) is 2.84. The van der Waals surface area contributed by atoms with Crippen LogP contribution in [0.3, 0.4) is 0 Å². The highest BCUT2D eigenvalue weighted by molar-refractivity contribution is 8.13. The van der Waals surface area contributed by atoms with Gasteiger partial charge in [0.2, 0.25) is 5.17 Å². The van der Waals surface area contributed by atoms with E-state index in [1.165, 1.54) is 11.8 Å². The standard InChI is InChI=1S/C12H19N3OS/c1-3-8-17-12(13)15-14-9-10-4-6-11(16-2)7-5-10/h1,9-11H,4-8H2,2H3,(H2,13,15)/p+1/b14-9+. The summed E-state index contributed by atoms with van der Waals surface area (Å²) in [5, 5.41) is 7.40. The lowest BCUT2D eigenvalue weighted by molar-refractivity contribution is -0.459. The molecular weight excluding hydrogens is 234 g/mol. The van der Waals surface area contributed by atoms with Crippen molar-refractivity contribution in [3.05, 3.63) is 0 Å². The zero-order chi connectivity index (χ0) is 12.5. The van der Waals surface area contributed by atoms with E-state index >= 15 is 0 Å². The molecule has 0 aromatic rings.